The van der Waals surface area contributed by atoms with Crippen molar-refractivity contribution in [3.63, 3.8) is 0 Å². The van der Waals surface area contributed by atoms with Gasteiger partial charge in [0.1, 0.15) is 0 Å². The highest BCUT2D eigenvalue weighted by molar-refractivity contribution is 7.80. The zero-order valence-corrected chi connectivity index (χ0v) is 4.37. The summed E-state index contributed by atoms with van der Waals surface area (Å²) >= 11 is 3.83. The normalized spacial score (nSPS) is 9.43. The first kappa shape index (κ1) is 4.71. The standard InChI is InChI=1S/C4H4FNS/c5-4-1-3(7)2-6-4/h1-2,6-7H. The van der Waals surface area contributed by atoms with Crippen molar-refractivity contribution in [2.24, 2.45) is 0 Å². The average Bonchev–Trinajstić information content (AvgIpc) is 1.87. The smallest absolute Gasteiger partial charge is 0.192 e. The summed E-state index contributed by atoms with van der Waals surface area (Å²) in [5.74, 6) is -0.343. The number of nitrogens with one attached hydrogen (secondary N) is 1. The molecule has 0 saturated heterocycles. The molecule has 38 valence electrons. The molecule has 0 aliphatic carbocycles. The highest BCUT2D eigenvalue weighted by Crippen LogP contribution is 2.04. The summed E-state index contributed by atoms with van der Waals surface area (Å²) < 4.78 is 11.8. The Bertz CT molecular complexity index is 144. The van der Waals surface area contributed by atoms with Crippen LogP contribution in [-0.4, -0.2) is 4.98 Å². The Morgan fingerprint density at radius 3 is 2.57 bits per heavy atom. The lowest BCUT2D eigenvalue weighted by Crippen LogP contribution is -1.61. The Hall–Kier alpha value is -0.440. The molecule has 3 heteroatoms. The van der Waals surface area contributed by atoms with E-state index in [0.29, 0.717) is 4.90 Å². The van der Waals surface area contributed by atoms with Crippen LogP contribution in [0.1, 0.15) is 0 Å². The third kappa shape index (κ3) is 0.962. The van der Waals surface area contributed by atoms with Crippen LogP contribution >= 0.6 is 12.6 Å². The Morgan fingerprint density at radius 1 is 1.71 bits per heavy atom. The first-order valence-corrected chi connectivity index (χ1v) is 2.26. The van der Waals surface area contributed by atoms with Gasteiger partial charge >= 0.3 is 0 Å². The molecular formula is C4H4FNS. The van der Waals surface area contributed by atoms with Gasteiger partial charge in [0.15, 0.2) is 5.95 Å². The predicted molar refractivity (Wildman–Crippen MR) is 28.0 cm³/mol. The molecule has 0 aromatic carbocycles. The van der Waals surface area contributed by atoms with Crippen LogP contribution in [0.25, 0.3) is 0 Å². The number of halogens is 1. The summed E-state index contributed by atoms with van der Waals surface area (Å²) in [6, 6.07) is 1.31. The molecule has 0 fully saturated rings. The van der Waals surface area contributed by atoms with E-state index in [0.717, 1.165) is 0 Å². The van der Waals surface area contributed by atoms with Gasteiger partial charge in [0.2, 0.25) is 0 Å². The SMILES string of the molecule is Fc1cc(S)c[nH]1. The number of H-pyrrole nitrogens is 1. The molecule has 0 saturated carbocycles. The van der Waals surface area contributed by atoms with Crippen LogP contribution in [0.5, 0.6) is 0 Å². The van der Waals surface area contributed by atoms with Crippen molar-refractivity contribution in [1.82, 2.24) is 4.98 Å². The van der Waals surface area contributed by atoms with E-state index in [-0.39, 0.29) is 5.95 Å². The maximum absolute atomic E-state index is 11.8. The zero-order chi connectivity index (χ0) is 5.28. The summed E-state index contributed by atoms with van der Waals surface area (Å²) in [6.45, 7) is 0. The third-order valence-corrected chi connectivity index (χ3v) is 0.891. The van der Waals surface area contributed by atoms with Crippen molar-refractivity contribution < 1.29 is 4.39 Å². The lowest BCUT2D eigenvalue weighted by atomic mass is 10.7. The minimum atomic E-state index is -0.343. The molecule has 0 aliphatic heterocycles. The van der Waals surface area contributed by atoms with Crippen molar-refractivity contribution in [2.75, 3.05) is 0 Å². The number of aromatic amines is 1. The Kier molecular flexibility index (Phi) is 1.06. The maximum atomic E-state index is 11.8. The van der Waals surface area contributed by atoms with E-state index in [1.54, 1.807) is 0 Å². The molecule has 0 radical (unpaired) electrons. The van der Waals surface area contributed by atoms with Gasteiger partial charge in [-0.05, 0) is 0 Å². The molecule has 1 heterocycles. The van der Waals surface area contributed by atoms with Crippen LogP contribution in [0.4, 0.5) is 4.39 Å². The van der Waals surface area contributed by atoms with Crippen molar-refractivity contribution >= 4 is 12.6 Å². The molecule has 0 unspecified atom stereocenters. The van der Waals surface area contributed by atoms with Gasteiger partial charge in [0, 0.05) is 17.2 Å². The van der Waals surface area contributed by atoms with Gasteiger partial charge in [-0.3, -0.25) is 0 Å². The van der Waals surface area contributed by atoms with Gasteiger partial charge in [-0.2, -0.15) is 4.39 Å². The fourth-order valence-corrected chi connectivity index (χ4v) is 0.534. The summed E-state index contributed by atoms with van der Waals surface area (Å²) in [4.78, 5) is 2.95. The second-order valence-electron chi connectivity index (χ2n) is 1.21. The van der Waals surface area contributed by atoms with Gasteiger partial charge in [0.25, 0.3) is 0 Å². The third-order valence-electron chi connectivity index (χ3n) is 0.633. The molecule has 1 rings (SSSR count). The van der Waals surface area contributed by atoms with Crippen molar-refractivity contribution in [3.8, 4) is 0 Å². The van der Waals surface area contributed by atoms with Gasteiger partial charge in [-0.1, -0.05) is 0 Å². The number of rotatable bonds is 0. The topological polar surface area (TPSA) is 15.8 Å². The quantitative estimate of drug-likeness (QED) is 0.478. The van der Waals surface area contributed by atoms with Gasteiger partial charge in [-0.25, -0.2) is 0 Å². The van der Waals surface area contributed by atoms with Crippen LogP contribution in [0.2, 0.25) is 0 Å². The second kappa shape index (κ2) is 1.58. The first-order chi connectivity index (χ1) is 3.29. The number of hydrogen-bond acceptors (Lipinski definition) is 1. The fraction of sp³-hybridized carbons (Fsp3) is 0. The zero-order valence-electron chi connectivity index (χ0n) is 3.48. The molecule has 0 spiro atoms. The minimum Gasteiger partial charge on any atom is -0.337 e. The predicted octanol–water partition coefficient (Wildman–Crippen LogP) is 1.44. The van der Waals surface area contributed by atoms with Gasteiger partial charge in [-0.15, -0.1) is 12.6 Å². The maximum Gasteiger partial charge on any atom is 0.192 e. The van der Waals surface area contributed by atoms with Gasteiger partial charge in [0.05, 0.1) is 0 Å². The van der Waals surface area contributed by atoms with E-state index in [1.807, 2.05) is 0 Å². The van der Waals surface area contributed by atoms with Crippen molar-refractivity contribution in [2.45, 2.75) is 4.90 Å². The Labute approximate surface area is 46.0 Å². The summed E-state index contributed by atoms with van der Waals surface area (Å²) in [5, 5.41) is 0. The molecule has 1 nitrogen and oxygen atoms in total. The van der Waals surface area contributed by atoms with Crippen LogP contribution in [0.3, 0.4) is 0 Å². The molecule has 1 aromatic heterocycles. The molecule has 1 aromatic rings. The summed E-state index contributed by atoms with van der Waals surface area (Å²) in [6.07, 6.45) is 1.48. The average molecular weight is 117 g/mol. The minimum absolute atomic E-state index is 0.343. The molecular weight excluding hydrogens is 113 g/mol. The molecule has 7 heavy (non-hydrogen) atoms. The largest absolute Gasteiger partial charge is 0.337 e. The molecule has 1 N–H and O–H groups in total. The molecule has 0 atom stereocenters. The summed E-state index contributed by atoms with van der Waals surface area (Å²) in [7, 11) is 0. The second-order valence-corrected chi connectivity index (χ2v) is 1.72. The van der Waals surface area contributed by atoms with E-state index >= 15 is 0 Å². The highest BCUT2D eigenvalue weighted by atomic mass is 32.1. The monoisotopic (exact) mass is 117 g/mol. The van der Waals surface area contributed by atoms with E-state index in [9.17, 15) is 4.39 Å². The van der Waals surface area contributed by atoms with E-state index in [2.05, 4.69) is 17.6 Å². The molecule has 0 amide bonds. The number of thiol groups is 1. The molecule has 0 aliphatic rings. The first-order valence-electron chi connectivity index (χ1n) is 1.82. The van der Waals surface area contributed by atoms with E-state index in [1.165, 1.54) is 12.3 Å². The van der Waals surface area contributed by atoms with E-state index in [4.69, 9.17) is 0 Å². The lowest BCUT2D eigenvalue weighted by molar-refractivity contribution is 0.591. The number of aromatic nitrogens is 1. The van der Waals surface area contributed by atoms with Crippen molar-refractivity contribution in [3.05, 3.63) is 18.2 Å². The fourth-order valence-electron chi connectivity index (χ4n) is 0.356. The Balaban J connectivity index is 3.04. The van der Waals surface area contributed by atoms with Crippen LogP contribution in [0, 0.1) is 5.95 Å². The van der Waals surface area contributed by atoms with Crippen molar-refractivity contribution in [1.29, 1.82) is 0 Å². The lowest BCUT2D eigenvalue weighted by Gasteiger charge is -1.66. The van der Waals surface area contributed by atoms with Crippen LogP contribution in [-0.2, 0) is 0 Å². The molecule has 0 bridgehead atoms. The summed E-state index contributed by atoms with van der Waals surface area (Å²) in [5.41, 5.74) is 0. The Morgan fingerprint density at radius 2 is 2.43 bits per heavy atom. The van der Waals surface area contributed by atoms with Crippen LogP contribution < -0.4 is 0 Å². The number of hydrogen-bond donors (Lipinski definition) is 2. The van der Waals surface area contributed by atoms with Crippen LogP contribution in [0.15, 0.2) is 17.2 Å². The van der Waals surface area contributed by atoms with Gasteiger partial charge < -0.3 is 4.98 Å². The highest BCUT2D eigenvalue weighted by Gasteiger charge is 1.87. The van der Waals surface area contributed by atoms with E-state index < -0.39 is 0 Å².